The van der Waals surface area contributed by atoms with Crippen LogP contribution in [0.3, 0.4) is 0 Å². The maximum Gasteiger partial charge on any atom is 0.314 e. The molecule has 0 fully saturated rings. The molecule has 0 aromatic carbocycles. The lowest BCUT2D eigenvalue weighted by molar-refractivity contribution is -0.145. The smallest absolute Gasteiger partial charge is 0.314 e. The average Bonchev–Trinajstić information content (AvgIpc) is 2.12. The number of hydrazine groups is 1. The van der Waals surface area contributed by atoms with Crippen LogP contribution in [0.15, 0.2) is 12.0 Å². The number of nitrogens with one attached hydrogen (secondary N) is 1. The van der Waals surface area contributed by atoms with E-state index in [1.165, 1.54) is 13.2 Å². The number of carbonyl (C=O) groups is 1. The molecule has 1 unspecified atom stereocenters. The van der Waals surface area contributed by atoms with Gasteiger partial charge in [0.2, 0.25) is 5.88 Å². The second-order valence-corrected chi connectivity index (χ2v) is 5.02. The van der Waals surface area contributed by atoms with Gasteiger partial charge in [-0.25, -0.2) is 5.01 Å². The van der Waals surface area contributed by atoms with Gasteiger partial charge in [-0.1, -0.05) is 0 Å². The fourth-order valence-corrected chi connectivity index (χ4v) is 1.72. The van der Waals surface area contributed by atoms with Crippen LogP contribution in [-0.4, -0.2) is 46.4 Å². The summed E-state index contributed by atoms with van der Waals surface area (Å²) in [5.41, 5.74) is 2.67. The second-order valence-electron chi connectivity index (χ2n) is 3.44. The highest BCUT2D eigenvalue weighted by Crippen LogP contribution is 2.13. The molecule has 0 saturated carbocycles. The van der Waals surface area contributed by atoms with Gasteiger partial charge in [0.25, 0.3) is 0 Å². The van der Waals surface area contributed by atoms with E-state index in [2.05, 4.69) is 14.3 Å². The van der Waals surface area contributed by atoms with Gasteiger partial charge in [0, 0.05) is 13.6 Å². The first-order valence-electron chi connectivity index (χ1n) is 4.48. The molecule has 92 valence electrons. The van der Waals surface area contributed by atoms with E-state index in [-0.39, 0.29) is 5.88 Å². The maximum atomic E-state index is 11.3. The second kappa shape index (κ2) is 4.71. The number of ether oxygens (including phenoxy) is 1. The summed E-state index contributed by atoms with van der Waals surface area (Å²) < 4.78 is 31.0. The molecule has 0 aromatic heterocycles. The number of methoxy groups -OCH3 is 1. The van der Waals surface area contributed by atoms with E-state index in [9.17, 15) is 13.2 Å². The Hall–Kier alpha value is -1.28. The van der Waals surface area contributed by atoms with Crippen LogP contribution < -0.4 is 5.43 Å². The van der Waals surface area contributed by atoms with Gasteiger partial charge in [-0.3, -0.25) is 10.2 Å². The van der Waals surface area contributed by atoms with Crippen molar-refractivity contribution in [3.63, 3.8) is 0 Å². The molecule has 1 rings (SSSR count). The van der Waals surface area contributed by atoms with Crippen LogP contribution in [0.4, 0.5) is 0 Å². The van der Waals surface area contributed by atoms with E-state index in [1.54, 1.807) is 12.1 Å². The molecular formula is C8H14N2O5S. The fraction of sp³-hybridized carbons (Fsp3) is 0.625. The van der Waals surface area contributed by atoms with Crippen molar-refractivity contribution in [1.82, 2.24) is 10.4 Å². The summed E-state index contributed by atoms with van der Waals surface area (Å²) in [5, 5.41) is 1.54. The number of esters is 1. The van der Waals surface area contributed by atoms with Crippen molar-refractivity contribution < 1.29 is 22.1 Å². The minimum Gasteiger partial charge on any atom is -0.469 e. The van der Waals surface area contributed by atoms with Crippen LogP contribution in [0.25, 0.3) is 0 Å². The number of nitrogens with zero attached hydrogens (tertiary/aromatic N) is 1. The highest BCUT2D eigenvalue weighted by atomic mass is 32.2. The van der Waals surface area contributed by atoms with Crippen molar-refractivity contribution in [3.05, 3.63) is 12.0 Å². The van der Waals surface area contributed by atoms with Crippen LogP contribution in [-0.2, 0) is 23.8 Å². The first kappa shape index (κ1) is 12.8. The zero-order chi connectivity index (χ0) is 12.3. The molecule has 7 nitrogen and oxygen atoms in total. The van der Waals surface area contributed by atoms with Crippen LogP contribution in [0.5, 0.6) is 0 Å². The van der Waals surface area contributed by atoms with Crippen molar-refractivity contribution in [3.8, 4) is 0 Å². The molecular weight excluding hydrogens is 236 g/mol. The summed E-state index contributed by atoms with van der Waals surface area (Å²) >= 11 is 0. The lowest BCUT2D eigenvalue weighted by Crippen LogP contribution is -2.44. The van der Waals surface area contributed by atoms with Crippen molar-refractivity contribution in [2.24, 2.45) is 5.92 Å². The Balaban J connectivity index is 2.83. The van der Waals surface area contributed by atoms with Gasteiger partial charge in [0.1, 0.15) is 0 Å². The van der Waals surface area contributed by atoms with Crippen molar-refractivity contribution in [2.75, 3.05) is 27.0 Å². The highest BCUT2D eigenvalue weighted by Gasteiger charge is 2.26. The van der Waals surface area contributed by atoms with Gasteiger partial charge < -0.3 is 8.92 Å². The standard InChI is InChI=1S/C8H14N2O5S/c1-10-5-6(8(11)14-2)4-7(9-10)15-16(3,12)13/h4,6,9H,5H2,1-3H3. The fourth-order valence-electron chi connectivity index (χ4n) is 1.30. The molecule has 16 heavy (non-hydrogen) atoms. The van der Waals surface area contributed by atoms with Crippen LogP contribution in [0.1, 0.15) is 0 Å². The minimum atomic E-state index is -3.61. The molecule has 1 heterocycles. The maximum absolute atomic E-state index is 11.3. The van der Waals surface area contributed by atoms with E-state index in [0.717, 1.165) is 6.26 Å². The van der Waals surface area contributed by atoms with Crippen LogP contribution in [0, 0.1) is 5.92 Å². The largest absolute Gasteiger partial charge is 0.469 e. The summed E-state index contributed by atoms with van der Waals surface area (Å²) in [6, 6.07) is 0. The predicted molar refractivity (Wildman–Crippen MR) is 55.3 cm³/mol. The quantitative estimate of drug-likeness (QED) is 0.510. The van der Waals surface area contributed by atoms with E-state index in [4.69, 9.17) is 0 Å². The number of hydrogen-bond donors (Lipinski definition) is 1. The molecule has 0 spiro atoms. The van der Waals surface area contributed by atoms with Crippen molar-refractivity contribution in [2.45, 2.75) is 0 Å². The average molecular weight is 250 g/mol. The first-order chi connectivity index (χ1) is 7.31. The zero-order valence-corrected chi connectivity index (χ0v) is 10.1. The number of hydrogen-bond acceptors (Lipinski definition) is 7. The van der Waals surface area contributed by atoms with Gasteiger partial charge in [-0.2, -0.15) is 8.42 Å². The Morgan fingerprint density at radius 3 is 2.75 bits per heavy atom. The molecule has 0 saturated heterocycles. The van der Waals surface area contributed by atoms with Crippen LogP contribution >= 0.6 is 0 Å². The van der Waals surface area contributed by atoms with Gasteiger partial charge in [0.05, 0.1) is 19.3 Å². The third-order valence-corrected chi connectivity index (χ3v) is 2.35. The zero-order valence-electron chi connectivity index (χ0n) is 9.26. The Labute approximate surface area is 94.1 Å². The van der Waals surface area contributed by atoms with Gasteiger partial charge in [-0.05, 0) is 6.08 Å². The summed E-state index contributed by atoms with van der Waals surface area (Å²) in [5.74, 6) is -0.984. The Morgan fingerprint density at radius 2 is 2.25 bits per heavy atom. The van der Waals surface area contributed by atoms with Crippen molar-refractivity contribution >= 4 is 16.1 Å². The summed E-state index contributed by atoms with van der Waals surface area (Å²) in [6.45, 7) is 0.378. The third-order valence-electron chi connectivity index (χ3n) is 1.87. The Kier molecular flexibility index (Phi) is 3.76. The summed E-state index contributed by atoms with van der Waals surface area (Å²) in [6.07, 6.45) is 2.31. The van der Waals surface area contributed by atoms with Gasteiger partial charge >= 0.3 is 16.1 Å². The Bertz CT molecular complexity index is 403. The number of rotatable bonds is 3. The molecule has 1 aliphatic rings. The molecule has 0 amide bonds. The molecule has 8 heteroatoms. The lowest BCUT2D eigenvalue weighted by Gasteiger charge is -2.28. The normalized spacial score (nSPS) is 21.9. The monoisotopic (exact) mass is 250 g/mol. The first-order valence-corrected chi connectivity index (χ1v) is 6.30. The predicted octanol–water partition coefficient (Wildman–Crippen LogP) is -0.957. The molecule has 1 N–H and O–H groups in total. The van der Waals surface area contributed by atoms with E-state index >= 15 is 0 Å². The summed E-state index contributed by atoms with van der Waals surface area (Å²) in [7, 11) is -0.678. The third kappa shape index (κ3) is 3.70. The van der Waals surface area contributed by atoms with Gasteiger partial charge in [0.15, 0.2) is 0 Å². The Morgan fingerprint density at radius 1 is 1.62 bits per heavy atom. The van der Waals surface area contributed by atoms with E-state index < -0.39 is 22.0 Å². The molecule has 0 bridgehead atoms. The van der Waals surface area contributed by atoms with Crippen LogP contribution in [0.2, 0.25) is 0 Å². The summed E-state index contributed by atoms with van der Waals surface area (Å²) in [4.78, 5) is 11.3. The molecule has 1 aliphatic heterocycles. The van der Waals surface area contributed by atoms with Crippen molar-refractivity contribution in [1.29, 1.82) is 0 Å². The molecule has 0 aliphatic carbocycles. The topological polar surface area (TPSA) is 84.9 Å². The molecule has 0 radical (unpaired) electrons. The van der Waals surface area contributed by atoms with E-state index in [1.807, 2.05) is 0 Å². The van der Waals surface area contributed by atoms with Gasteiger partial charge in [-0.15, -0.1) is 0 Å². The number of carbonyl (C=O) groups excluding carboxylic acids is 1. The highest BCUT2D eigenvalue weighted by molar-refractivity contribution is 7.86. The minimum absolute atomic E-state index is 0.00616. The SMILES string of the molecule is COC(=O)C1C=C(OS(C)(=O)=O)NN(C)C1. The molecule has 0 aromatic rings. The molecule has 1 atom stereocenters. The van der Waals surface area contributed by atoms with E-state index in [0.29, 0.717) is 6.54 Å². The lowest BCUT2D eigenvalue weighted by atomic mass is 10.1.